The van der Waals surface area contributed by atoms with Crippen molar-refractivity contribution in [2.75, 3.05) is 29.6 Å². The number of amides is 1. The van der Waals surface area contributed by atoms with E-state index < -0.39 is 11.7 Å². The van der Waals surface area contributed by atoms with Crippen LogP contribution in [0.2, 0.25) is 0 Å². The van der Waals surface area contributed by atoms with Crippen LogP contribution in [-0.2, 0) is 12.6 Å². The van der Waals surface area contributed by atoms with Gasteiger partial charge in [0.05, 0.1) is 5.56 Å². The summed E-state index contributed by atoms with van der Waals surface area (Å²) in [5.41, 5.74) is 4.51. The molecule has 3 nitrogen and oxygen atoms in total. The molecule has 28 heavy (non-hydrogen) atoms. The molecular weight excluding hydrogens is 385 g/mol. The second kappa shape index (κ2) is 7.35. The largest absolute Gasteiger partial charge is 0.416 e. The van der Waals surface area contributed by atoms with E-state index in [0.29, 0.717) is 0 Å². The molecule has 0 radical (unpaired) electrons. The van der Waals surface area contributed by atoms with Crippen LogP contribution in [0.4, 0.5) is 29.3 Å². The minimum absolute atomic E-state index is 0.0246. The Bertz CT molecular complexity index is 896. The summed E-state index contributed by atoms with van der Waals surface area (Å²) in [5.74, 6) is 0.0246. The highest BCUT2D eigenvalue weighted by atomic mass is 32.2. The maximum absolute atomic E-state index is 12.9. The van der Waals surface area contributed by atoms with E-state index in [4.69, 9.17) is 0 Å². The number of benzene rings is 2. The lowest BCUT2D eigenvalue weighted by Gasteiger charge is -2.40. The van der Waals surface area contributed by atoms with Gasteiger partial charge in [0.15, 0.2) is 0 Å². The van der Waals surface area contributed by atoms with Gasteiger partial charge >= 0.3 is 6.18 Å². The van der Waals surface area contributed by atoms with Crippen molar-refractivity contribution in [2.45, 2.75) is 31.4 Å². The molecule has 2 aliphatic heterocycles. The third-order valence-corrected chi connectivity index (χ3v) is 6.02. The molecule has 0 saturated carbocycles. The second-order valence-corrected chi connectivity index (χ2v) is 8.02. The normalized spacial score (nSPS) is 18.6. The number of carbonyl (C=O) groups is 1. The molecule has 0 saturated heterocycles. The maximum atomic E-state index is 12.9. The van der Waals surface area contributed by atoms with Crippen molar-refractivity contribution in [1.82, 2.24) is 0 Å². The molecule has 0 unspecified atom stereocenters. The van der Waals surface area contributed by atoms with Crippen LogP contribution >= 0.6 is 11.8 Å². The average Bonchev–Trinajstić information content (AvgIpc) is 2.68. The Morgan fingerprint density at radius 3 is 2.61 bits per heavy atom. The molecule has 1 atom stereocenters. The number of rotatable bonds is 2. The minimum Gasteiger partial charge on any atom is -0.371 e. The van der Waals surface area contributed by atoms with Crippen LogP contribution in [0, 0.1) is 0 Å². The third kappa shape index (κ3) is 3.60. The van der Waals surface area contributed by atoms with Crippen LogP contribution in [0.5, 0.6) is 0 Å². The highest BCUT2D eigenvalue weighted by Crippen LogP contribution is 2.45. The summed E-state index contributed by atoms with van der Waals surface area (Å²) >= 11 is 1.12. The molecule has 0 fully saturated rings. The molecule has 0 spiro atoms. The smallest absolute Gasteiger partial charge is 0.371 e. The lowest BCUT2D eigenvalue weighted by molar-refractivity contribution is -0.137. The van der Waals surface area contributed by atoms with Crippen molar-refractivity contribution in [3.63, 3.8) is 0 Å². The first kappa shape index (κ1) is 19.2. The Kier molecular flexibility index (Phi) is 5.04. The van der Waals surface area contributed by atoms with E-state index in [1.165, 1.54) is 11.3 Å². The summed E-state index contributed by atoms with van der Waals surface area (Å²) < 4.78 is 38.8. The predicted octanol–water partition coefficient (Wildman–Crippen LogP) is 5.89. The van der Waals surface area contributed by atoms with Crippen LogP contribution in [-0.4, -0.2) is 24.6 Å². The molecule has 2 aromatic rings. The van der Waals surface area contributed by atoms with Gasteiger partial charge in [-0.25, -0.2) is 0 Å². The van der Waals surface area contributed by atoms with E-state index in [2.05, 4.69) is 10.2 Å². The van der Waals surface area contributed by atoms with Crippen molar-refractivity contribution in [2.24, 2.45) is 0 Å². The van der Waals surface area contributed by atoms with Gasteiger partial charge in [-0.1, -0.05) is 23.9 Å². The topological polar surface area (TPSA) is 32.3 Å². The molecule has 0 aromatic heterocycles. The number of carbonyl (C=O) groups excluding carboxylic acids is 1. The quantitative estimate of drug-likeness (QED) is 0.675. The molecule has 2 aromatic carbocycles. The SMILES string of the molecule is CSC(=O)Nc1cc2c3c(c1)[C@H](c1ccc(C(F)(F)F)cc1)CCN3CCC2. The average molecular weight is 406 g/mol. The van der Waals surface area contributed by atoms with Gasteiger partial charge in [0, 0.05) is 30.4 Å². The zero-order valence-electron chi connectivity index (χ0n) is 15.5. The Morgan fingerprint density at radius 1 is 1.18 bits per heavy atom. The highest BCUT2D eigenvalue weighted by molar-refractivity contribution is 8.13. The van der Waals surface area contributed by atoms with E-state index in [1.807, 2.05) is 12.1 Å². The summed E-state index contributed by atoms with van der Waals surface area (Å²) in [7, 11) is 0. The van der Waals surface area contributed by atoms with Crippen LogP contribution in [0.3, 0.4) is 0 Å². The van der Waals surface area contributed by atoms with Crippen LogP contribution < -0.4 is 10.2 Å². The van der Waals surface area contributed by atoms with Crippen LogP contribution in [0.1, 0.15) is 41.0 Å². The Morgan fingerprint density at radius 2 is 1.93 bits per heavy atom. The van der Waals surface area contributed by atoms with E-state index >= 15 is 0 Å². The number of hydrogen-bond donors (Lipinski definition) is 1. The van der Waals surface area contributed by atoms with Crippen molar-refractivity contribution in [3.8, 4) is 0 Å². The van der Waals surface area contributed by atoms with Crippen LogP contribution in [0.15, 0.2) is 36.4 Å². The van der Waals surface area contributed by atoms with Gasteiger partial charge in [0.25, 0.3) is 5.24 Å². The van der Waals surface area contributed by atoms with Crippen LogP contribution in [0.25, 0.3) is 0 Å². The Labute approximate surface area is 166 Å². The molecule has 2 aliphatic rings. The monoisotopic (exact) mass is 406 g/mol. The summed E-state index contributed by atoms with van der Waals surface area (Å²) in [5, 5.41) is 2.79. The molecule has 4 rings (SSSR count). The standard InChI is InChI=1S/C21H21F3N2OS/c1-28-20(27)25-16-11-14-3-2-9-26-10-8-17(18(12-16)19(14)26)13-4-6-15(7-5-13)21(22,23)24/h4-7,11-12,17H,2-3,8-10H2,1H3,(H,25,27)/t17-/m0/s1. The molecule has 1 N–H and O–H groups in total. The van der Waals surface area contributed by atoms with Crippen molar-refractivity contribution in [1.29, 1.82) is 0 Å². The maximum Gasteiger partial charge on any atom is 0.416 e. The first-order valence-corrected chi connectivity index (χ1v) is 10.5. The van der Waals surface area contributed by atoms with E-state index in [1.54, 1.807) is 18.4 Å². The fraction of sp³-hybridized carbons (Fsp3) is 0.381. The molecule has 7 heteroatoms. The number of aryl methyl sites for hydroxylation is 1. The second-order valence-electron chi connectivity index (χ2n) is 7.24. The fourth-order valence-corrected chi connectivity index (χ4v) is 4.51. The van der Waals surface area contributed by atoms with Gasteiger partial charge in [-0.15, -0.1) is 0 Å². The summed E-state index contributed by atoms with van der Waals surface area (Å²) in [6.45, 7) is 1.89. The van der Waals surface area contributed by atoms with Gasteiger partial charge < -0.3 is 10.2 Å². The van der Waals surface area contributed by atoms with Gasteiger partial charge in [0.1, 0.15) is 0 Å². The first-order valence-electron chi connectivity index (χ1n) is 9.30. The van der Waals surface area contributed by atoms with E-state index in [-0.39, 0.29) is 11.2 Å². The van der Waals surface area contributed by atoms with Gasteiger partial charge in [0.2, 0.25) is 0 Å². The minimum atomic E-state index is -4.33. The number of nitrogens with zero attached hydrogens (tertiary/aromatic N) is 1. The molecule has 1 amide bonds. The zero-order valence-corrected chi connectivity index (χ0v) is 16.3. The van der Waals surface area contributed by atoms with E-state index in [0.717, 1.165) is 73.1 Å². The molecule has 148 valence electrons. The number of halogens is 3. The summed E-state index contributed by atoms with van der Waals surface area (Å²) in [4.78, 5) is 14.2. The Balaban J connectivity index is 1.75. The predicted molar refractivity (Wildman–Crippen MR) is 107 cm³/mol. The summed E-state index contributed by atoms with van der Waals surface area (Å²) in [6, 6.07) is 9.53. The molecule has 0 aliphatic carbocycles. The lowest BCUT2D eigenvalue weighted by atomic mass is 9.80. The number of thioether (sulfide) groups is 1. The van der Waals surface area contributed by atoms with Crippen molar-refractivity contribution < 1.29 is 18.0 Å². The molecule has 2 heterocycles. The van der Waals surface area contributed by atoms with Gasteiger partial charge in [-0.05, 0) is 66.5 Å². The van der Waals surface area contributed by atoms with Crippen molar-refractivity contribution in [3.05, 3.63) is 58.7 Å². The fourth-order valence-electron chi connectivity index (χ4n) is 4.29. The zero-order chi connectivity index (χ0) is 19.9. The highest BCUT2D eigenvalue weighted by Gasteiger charge is 2.33. The number of alkyl halides is 3. The third-order valence-electron chi connectivity index (χ3n) is 5.54. The Hall–Kier alpha value is -2.15. The lowest BCUT2D eigenvalue weighted by Crippen LogP contribution is -2.36. The van der Waals surface area contributed by atoms with Gasteiger partial charge in [-0.2, -0.15) is 13.2 Å². The molecule has 0 bridgehead atoms. The number of anilines is 2. The summed E-state index contributed by atoms with van der Waals surface area (Å²) in [6.07, 6.45) is 0.254. The van der Waals surface area contributed by atoms with Gasteiger partial charge in [-0.3, -0.25) is 4.79 Å². The first-order chi connectivity index (χ1) is 13.4. The molecular formula is C21H21F3N2OS. The number of hydrogen-bond acceptors (Lipinski definition) is 3. The van der Waals surface area contributed by atoms with E-state index in [9.17, 15) is 18.0 Å². The number of nitrogens with one attached hydrogen (secondary N) is 1. The van der Waals surface area contributed by atoms with Crippen molar-refractivity contribution >= 4 is 28.4 Å².